The molecule has 0 amide bonds. The van der Waals surface area contributed by atoms with Crippen molar-refractivity contribution in [2.75, 3.05) is 12.4 Å². The first-order valence-electron chi connectivity index (χ1n) is 4.84. The largest absolute Gasteiger partial charge is 0.508 e. The van der Waals surface area contributed by atoms with Crippen molar-refractivity contribution in [3.05, 3.63) is 36.4 Å². The van der Waals surface area contributed by atoms with E-state index < -0.39 is 0 Å². The summed E-state index contributed by atoms with van der Waals surface area (Å²) in [5, 5.41) is 9.07. The molecular formula is C12H14O3S. The molecule has 0 spiro atoms. The maximum absolute atomic E-state index is 11.0. The zero-order valence-corrected chi connectivity index (χ0v) is 9.92. The Labute approximate surface area is 99.1 Å². The smallest absolute Gasteiger partial charge is 0.333 e. The number of carbonyl (C=O) groups is 1. The van der Waals surface area contributed by atoms with E-state index in [0.29, 0.717) is 17.9 Å². The SMILES string of the molecule is C=C(C)C(=O)OCCSc1ccc(O)cc1. The zero-order chi connectivity index (χ0) is 12.0. The average molecular weight is 238 g/mol. The van der Waals surface area contributed by atoms with Crippen LogP contribution >= 0.6 is 11.8 Å². The van der Waals surface area contributed by atoms with Gasteiger partial charge in [-0.05, 0) is 31.2 Å². The summed E-state index contributed by atoms with van der Waals surface area (Å²) in [5.74, 6) is 0.577. The van der Waals surface area contributed by atoms with Crippen LogP contribution in [0.3, 0.4) is 0 Å². The minimum Gasteiger partial charge on any atom is -0.508 e. The molecule has 0 aliphatic carbocycles. The molecule has 0 fully saturated rings. The number of rotatable bonds is 5. The van der Waals surface area contributed by atoms with Gasteiger partial charge in [-0.15, -0.1) is 11.8 Å². The summed E-state index contributed by atoms with van der Waals surface area (Å²) in [4.78, 5) is 12.1. The summed E-state index contributed by atoms with van der Waals surface area (Å²) in [6.45, 7) is 5.47. The van der Waals surface area contributed by atoms with E-state index in [2.05, 4.69) is 6.58 Å². The maximum Gasteiger partial charge on any atom is 0.333 e. The Bertz CT molecular complexity index is 370. The highest BCUT2D eigenvalue weighted by molar-refractivity contribution is 7.99. The Morgan fingerprint density at radius 2 is 2.06 bits per heavy atom. The van der Waals surface area contributed by atoms with E-state index in [9.17, 15) is 4.79 Å². The van der Waals surface area contributed by atoms with Crippen LogP contribution in [0.2, 0.25) is 0 Å². The number of hydrogen-bond donors (Lipinski definition) is 1. The number of benzene rings is 1. The molecule has 1 aromatic carbocycles. The standard InChI is InChI=1S/C12H14O3S/c1-9(2)12(14)15-7-8-16-11-5-3-10(13)4-6-11/h3-6,13H,1,7-8H2,2H3. The normalized spacial score (nSPS) is 9.81. The number of ether oxygens (including phenoxy) is 1. The second-order valence-corrected chi connectivity index (χ2v) is 4.43. The quantitative estimate of drug-likeness (QED) is 0.371. The Balaban J connectivity index is 2.23. The number of hydrogen-bond acceptors (Lipinski definition) is 4. The highest BCUT2D eigenvalue weighted by atomic mass is 32.2. The molecule has 0 aliphatic rings. The summed E-state index contributed by atoms with van der Waals surface area (Å²) in [5.41, 5.74) is 0.412. The van der Waals surface area contributed by atoms with Gasteiger partial charge >= 0.3 is 5.97 Å². The van der Waals surface area contributed by atoms with Crippen LogP contribution in [-0.4, -0.2) is 23.4 Å². The van der Waals surface area contributed by atoms with Crippen molar-refractivity contribution in [1.29, 1.82) is 0 Å². The lowest BCUT2D eigenvalue weighted by atomic mass is 10.3. The van der Waals surface area contributed by atoms with Gasteiger partial charge in [-0.1, -0.05) is 6.58 Å². The van der Waals surface area contributed by atoms with Gasteiger partial charge in [0.15, 0.2) is 0 Å². The molecule has 0 saturated carbocycles. The molecule has 16 heavy (non-hydrogen) atoms. The molecule has 86 valence electrons. The van der Waals surface area contributed by atoms with Gasteiger partial charge in [0.2, 0.25) is 0 Å². The molecule has 4 heteroatoms. The Morgan fingerprint density at radius 3 is 2.62 bits per heavy atom. The zero-order valence-electron chi connectivity index (χ0n) is 9.10. The van der Waals surface area contributed by atoms with Crippen molar-refractivity contribution >= 4 is 17.7 Å². The van der Waals surface area contributed by atoms with E-state index in [-0.39, 0.29) is 11.7 Å². The molecule has 0 radical (unpaired) electrons. The van der Waals surface area contributed by atoms with Crippen LogP contribution in [0.25, 0.3) is 0 Å². The number of esters is 1. The van der Waals surface area contributed by atoms with Gasteiger partial charge in [-0.2, -0.15) is 0 Å². The fraction of sp³-hybridized carbons (Fsp3) is 0.250. The van der Waals surface area contributed by atoms with Gasteiger partial charge in [0.1, 0.15) is 12.4 Å². The van der Waals surface area contributed by atoms with Crippen LogP contribution in [0.5, 0.6) is 5.75 Å². The van der Waals surface area contributed by atoms with E-state index in [1.54, 1.807) is 30.8 Å². The highest BCUT2D eigenvalue weighted by Crippen LogP contribution is 2.20. The number of aromatic hydroxyl groups is 1. The van der Waals surface area contributed by atoms with Crippen LogP contribution in [0.4, 0.5) is 0 Å². The summed E-state index contributed by atoms with van der Waals surface area (Å²) in [6, 6.07) is 6.89. The molecule has 1 aromatic rings. The van der Waals surface area contributed by atoms with Crippen molar-refractivity contribution in [3.63, 3.8) is 0 Å². The average Bonchev–Trinajstić information content (AvgIpc) is 2.26. The van der Waals surface area contributed by atoms with E-state index in [4.69, 9.17) is 9.84 Å². The molecule has 3 nitrogen and oxygen atoms in total. The summed E-state index contributed by atoms with van der Waals surface area (Å²) in [7, 11) is 0. The van der Waals surface area contributed by atoms with Crippen LogP contribution in [0.15, 0.2) is 41.3 Å². The second-order valence-electron chi connectivity index (χ2n) is 3.26. The van der Waals surface area contributed by atoms with Gasteiger partial charge in [0.05, 0.1) is 0 Å². The second kappa shape index (κ2) is 6.23. The summed E-state index contributed by atoms with van der Waals surface area (Å²) in [6.07, 6.45) is 0. The molecule has 0 saturated heterocycles. The molecule has 0 atom stereocenters. The fourth-order valence-corrected chi connectivity index (χ4v) is 1.69. The lowest BCUT2D eigenvalue weighted by Gasteiger charge is -2.04. The lowest BCUT2D eigenvalue weighted by molar-refractivity contribution is -0.138. The van der Waals surface area contributed by atoms with Crippen LogP contribution in [-0.2, 0) is 9.53 Å². The third-order valence-electron chi connectivity index (χ3n) is 1.77. The molecule has 0 aliphatic heterocycles. The number of thioether (sulfide) groups is 1. The molecule has 0 unspecified atom stereocenters. The molecule has 0 heterocycles. The number of phenolic OH excluding ortho intramolecular Hbond substituents is 1. The van der Waals surface area contributed by atoms with E-state index in [1.165, 1.54) is 0 Å². The maximum atomic E-state index is 11.0. The van der Waals surface area contributed by atoms with Gasteiger partial charge in [-0.25, -0.2) is 4.79 Å². The van der Waals surface area contributed by atoms with Crippen molar-refractivity contribution < 1.29 is 14.6 Å². The fourth-order valence-electron chi connectivity index (χ4n) is 0.959. The van der Waals surface area contributed by atoms with Crippen LogP contribution < -0.4 is 0 Å². The minimum absolute atomic E-state index is 0.248. The summed E-state index contributed by atoms with van der Waals surface area (Å²) >= 11 is 1.56. The predicted octanol–water partition coefficient (Wildman–Crippen LogP) is 2.60. The molecule has 0 bridgehead atoms. The highest BCUT2D eigenvalue weighted by Gasteiger charge is 2.02. The first-order chi connectivity index (χ1) is 7.59. The van der Waals surface area contributed by atoms with E-state index in [1.807, 2.05) is 12.1 Å². The van der Waals surface area contributed by atoms with Crippen LogP contribution in [0.1, 0.15) is 6.92 Å². The van der Waals surface area contributed by atoms with Crippen molar-refractivity contribution in [2.24, 2.45) is 0 Å². The molecular weight excluding hydrogens is 224 g/mol. The van der Waals surface area contributed by atoms with Crippen molar-refractivity contribution in [1.82, 2.24) is 0 Å². The number of carbonyl (C=O) groups excluding carboxylic acids is 1. The van der Waals surface area contributed by atoms with E-state index in [0.717, 1.165) is 4.90 Å². The Hall–Kier alpha value is -1.42. The third-order valence-corrected chi connectivity index (χ3v) is 2.75. The lowest BCUT2D eigenvalue weighted by Crippen LogP contribution is -2.07. The van der Waals surface area contributed by atoms with Crippen molar-refractivity contribution in [2.45, 2.75) is 11.8 Å². The Kier molecular flexibility index (Phi) is 4.92. The third kappa shape index (κ3) is 4.40. The first kappa shape index (κ1) is 12.6. The predicted molar refractivity (Wildman–Crippen MR) is 64.6 cm³/mol. The molecule has 1 rings (SSSR count). The van der Waals surface area contributed by atoms with Gasteiger partial charge in [0, 0.05) is 16.2 Å². The van der Waals surface area contributed by atoms with Gasteiger partial charge in [0.25, 0.3) is 0 Å². The monoisotopic (exact) mass is 238 g/mol. The Morgan fingerprint density at radius 1 is 1.44 bits per heavy atom. The summed E-state index contributed by atoms with van der Waals surface area (Å²) < 4.78 is 4.94. The molecule has 1 N–H and O–H groups in total. The van der Waals surface area contributed by atoms with E-state index >= 15 is 0 Å². The topological polar surface area (TPSA) is 46.5 Å². The van der Waals surface area contributed by atoms with Gasteiger partial charge in [-0.3, -0.25) is 0 Å². The van der Waals surface area contributed by atoms with Crippen molar-refractivity contribution in [3.8, 4) is 5.75 Å². The number of phenols is 1. The van der Waals surface area contributed by atoms with Crippen LogP contribution in [0, 0.1) is 0 Å². The minimum atomic E-state index is -0.355. The van der Waals surface area contributed by atoms with Gasteiger partial charge < -0.3 is 9.84 Å². The molecule has 0 aromatic heterocycles. The first-order valence-corrected chi connectivity index (χ1v) is 5.82.